The summed E-state index contributed by atoms with van der Waals surface area (Å²) in [5.41, 5.74) is 0.608. The van der Waals surface area contributed by atoms with Crippen molar-refractivity contribution in [3.63, 3.8) is 0 Å². The van der Waals surface area contributed by atoms with Crippen LogP contribution in [0, 0.1) is 5.41 Å². The van der Waals surface area contributed by atoms with Gasteiger partial charge in [-0.3, -0.25) is 14.2 Å². The van der Waals surface area contributed by atoms with Gasteiger partial charge in [0, 0.05) is 32.8 Å². The molecule has 0 unspecified atom stereocenters. The van der Waals surface area contributed by atoms with Crippen LogP contribution in [0.1, 0.15) is 94.7 Å². The molecule has 13 heteroatoms. The van der Waals surface area contributed by atoms with Crippen LogP contribution in [0.15, 0.2) is 30.5 Å². The van der Waals surface area contributed by atoms with Crippen molar-refractivity contribution in [1.82, 2.24) is 25.4 Å². The average molecular weight is 666 g/mol. The van der Waals surface area contributed by atoms with Crippen molar-refractivity contribution < 1.29 is 66.1 Å². The topological polar surface area (TPSA) is 162 Å². The van der Waals surface area contributed by atoms with E-state index in [2.05, 4.69) is 16.0 Å². The van der Waals surface area contributed by atoms with E-state index in [1.165, 1.54) is 22.8 Å². The molecule has 1 saturated heterocycles. The summed E-state index contributed by atoms with van der Waals surface area (Å²) in [6.07, 6.45) is 4.37. The minimum Gasteiger partial charge on any atom is -0.548 e. The van der Waals surface area contributed by atoms with Crippen LogP contribution in [0.25, 0.3) is 10.9 Å². The number of piperidine rings is 1. The molecule has 2 aromatic rings. The van der Waals surface area contributed by atoms with E-state index in [1.807, 2.05) is 27.7 Å². The van der Waals surface area contributed by atoms with Crippen LogP contribution in [-0.2, 0) is 25.5 Å². The minimum atomic E-state index is -1.45. The number of hydrogen-bond donors (Lipinski definition) is 3. The molecule has 1 aromatic heterocycles. The summed E-state index contributed by atoms with van der Waals surface area (Å²) in [6, 6.07) is 1.98. The third-order valence-electron chi connectivity index (χ3n) is 8.20. The number of urea groups is 1. The van der Waals surface area contributed by atoms with E-state index in [-0.39, 0.29) is 74.7 Å². The van der Waals surface area contributed by atoms with Gasteiger partial charge in [-0.15, -0.1) is 0 Å². The van der Waals surface area contributed by atoms with Crippen molar-refractivity contribution in [2.75, 3.05) is 7.11 Å². The van der Waals surface area contributed by atoms with E-state index in [1.54, 1.807) is 24.3 Å². The fourth-order valence-corrected chi connectivity index (χ4v) is 5.84. The number of fused-ring (bicyclic) bond motifs is 1. The zero-order chi connectivity index (χ0) is 35.6. The van der Waals surface area contributed by atoms with Crippen molar-refractivity contribution in [3.8, 4) is 0 Å². The summed E-state index contributed by atoms with van der Waals surface area (Å²) in [5, 5.41) is 20.7. The molecule has 47 heavy (non-hydrogen) atoms. The first kappa shape index (κ1) is 36.7. The number of carbonyl (C=O) groups excluding carboxylic acids is 5. The number of methoxy groups -OCH3 is 1. The minimum absolute atomic E-state index is 0. The quantitative estimate of drug-likeness (QED) is 0.278. The maximum atomic E-state index is 14.1. The molecule has 0 aliphatic carbocycles. The summed E-state index contributed by atoms with van der Waals surface area (Å²) < 4.78 is 22.2. The Labute approximate surface area is 302 Å². The number of unbranched alkanes of at least 4 members (excludes halogenated alkanes) is 1. The molecule has 3 N–H and O–H groups in total. The fourth-order valence-electron chi connectivity index (χ4n) is 5.84. The number of likely N-dealkylation sites (tertiary alicyclic amines) is 1. The average Bonchev–Trinajstić information content (AvgIpc) is 3.42. The van der Waals surface area contributed by atoms with Gasteiger partial charge in [0.05, 0.1) is 24.6 Å². The van der Waals surface area contributed by atoms with Crippen molar-refractivity contribution in [2.24, 2.45) is 5.41 Å². The number of amides is 4. The Morgan fingerprint density at radius 2 is 1.62 bits per heavy atom. The van der Waals surface area contributed by atoms with Crippen LogP contribution in [0.4, 0.5) is 9.59 Å². The number of benzene rings is 1. The predicted molar refractivity (Wildman–Crippen MR) is 173 cm³/mol. The monoisotopic (exact) mass is 665 g/mol. The second kappa shape index (κ2) is 17.9. The molecule has 1 aromatic carbocycles. The van der Waals surface area contributed by atoms with Gasteiger partial charge in [-0.05, 0) is 62.9 Å². The number of carboxylic acid groups (broad SMARTS) is 1. The number of rotatable bonds is 12. The maximum absolute atomic E-state index is 14.1. The molecule has 5 atom stereocenters. The van der Waals surface area contributed by atoms with Crippen molar-refractivity contribution in [1.29, 1.82) is 0 Å². The summed E-state index contributed by atoms with van der Waals surface area (Å²) in [7, 11) is 1.25. The summed E-state index contributed by atoms with van der Waals surface area (Å²) in [6.45, 7) is 7.55. The Hall–Kier alpha value is -3.09. The van der Waals surface area contributed by atoms with Crippen LogP contribution in [-0.4, -0.2) is 76.7 Å². The van der Waals surface area contributed by atoms with Crippen LogP contribution >= 0.6 is 0 Å². The first-order valence-electron chi connectivity index (χ1n) is 17.3. The number of aliphatic carboxylic acids is 1. The second-order valence-corrected chi connectivity index (χ2v) is 13.2. The molecule has 1 fully saturated rings. The van der Waals surface area contributed by atoms with Gasteiger partial charge in [-0.2, -0.15) is 0 Å². The third kappa shape index (κ3) is 11.0. The van der Waals surface area contributed by atoms with Crippen LogP contribution in [0.5, 0.6) is 0 Å². The summed E-state index contributed by atoms with van der Waals surface area (Å²) in [5.74, 6) is -2.86. The Morgan fingerprint density at radius 3 is 2.19 bits per heavy atom. The molecular formula is C34H50N5NaO7. The van der Waals surface area contributed by atoms with Gasteiger partial charge >= 0.3 is 41.7 Å². The standard InChI is InChI=1S/C34H51N5O7.Na/c1-8-9-16-25(31(42)43)35-29(40)26(18-23-20-38(33(45)46-7)28-17-11-10-15-24(23)28)36-30(41)27(19-34(4,5)6)37-32(44)39-21(2)13-12-14-22(39)3;/h10-11,15,17,20-22,25-27H,8-9,12-14,16,18-19H2,1-7H3,(H,35,40)(H,36,41)(H,37,44)(H,42,43);/q;+1/p-1/t21-,22+,25-,26-,27+;/m1./s1/i2D,3D;. The van der Waals surface area contributed by atoms with E-state index in [9.17, 15) is 29.1 Å². The van der Waals surface area contributed by atoms with Crippen molar-refractivity contribution >= 4 is 40.8 Å². The molecule has 4 amide bonds. The molecule has 1 aliphatic rings. The molecule has 2 heterocycles. The van der Waals surface area contributed by atoms with Gasteiger partial charge in [0.1, 0.15) is 12.1 Å². The Bertz CT molecular complexity index is 1440. The van der Waals surface area contributed by atoms with Gasteiger partial charge in [0.25, 0.3) is 0 Å². The normalized spacial score (nSPS) is 18.9. The molecule has 1 aliphatic heterocycles. The van der Waals surface area contributed by atoms with Crippen LogP contribution < -0.4 is 50.6 Å². The fraction of sp³-hybridized carbons (Fsp3) is 0.618. The second-order valence-electron chi connectivity index (χ2n) is 13.2. The number of aromatic nitrogens is 1. The number of nitrogens with zero attached hydrogens (tertiary/aromatic N) is 2. The zero-order valence-corrected chi connectivity index (χ0v) is 30.6. The molecule has 0 radical (unpaired) electrons. The van der Waals surface area contributed by atoms with Gasteiger partial charge in [0.15, 0.2) is 0 Å². The zero-order valence-electron chi connectivity index (χ0n) is 30.6. The van der Waals surface area contributed by atoms with Crippen LogP contribution in [0.3, 0.4) is 0 Å². The van der Waals surface area contributed by atoms with Crippen molar-refractivity contribution in [3.05, 3.63) is 36.0 Å². The number of ether oxygens (including phenoxy) is 1. The number of carbonyl (C=O) groups is 5. The molecule has 0 spiro atoms. The summed E-state index contributed by atoms with van der Waals surface area (Å²) in [4.78, 5) is 67.5. The van der Waals surface area contributed by atoms with E-state index < -0.39 is 53.4 Å². The van der Waals surface area contributed by atoms with Gasteiger partial charge < -0.3 is 35.5 Å². The SMILES string of the molecule is [2H]C[C@@H]1CCC[C@H](C[2H])N1C(=O)N[C@@H](CC(C)(C)C)C(=O)N[C@H](Cc1cn(C(=O)OC)c2ccccc12)C(=O)N[C@H](CCCC)C(=O)[O-].[Na+]. The molecule has 3 rings (SSSR count). The first-order valence-corrected chi connectivity index (χ1v) is 15.9. The van der Waals surface area contributed by atoms with E-state index in [0.717, 1.165) is 6.42 Å². The smallest absolute Gasteiger partial charge is 0.548 e. The number of hydrogen-bond acceptors (Lipinski definition) is 7. The Kier molecular flexibility index (Phi) is 14.0. The molecular weight excluding hydrogens is 613 g/mol. The molecule has 254 valence electrons. The molecule has 12 nitrogen and oxygen atoms in total. The Morgan fingerprint density at radius 1 is 1.00 bits per heavy atom. The predicted octanol–water partition coefficient (Wildman–Crippen LogP) is 0.489. The first-order chi connectivity index (χ1) is 22.7. The number of nitrogens with one attached hydrogen (secondary N) is 3. The third-order valence-corrected chi connectivity index (χ3v) is 8.20. The van der Waals surface area contributed by atoms with E-state index in [0.29, 0.717) is 42.1 Å². The number of carboxylic acids is 1. The van der Waals surface area contributed by atoms with Crippen molar-refractivity contribution in [2.45, 2.75) is 123 Å². The number of para-hydroxylation sites is 1. The largest absolute Gasteiger partial charge is 1.00 e. The molecule has 0 bridgehead atoms. The maximum Gasteiger partial charge on any atom is 1.00 e. The van der Waals surface area contributed by atoms with Gasteiger partial charge in [-0.25, -0.2) is 9.59 Å². The molecule has 0 saturated carbocycles. The van der Waals surface area contributed by atoms with Gasteiger partial charge in [-0.1, -0.05) is 58.7 Å². The van der Waals surface area contributed by atoms with Crippen LogP contribution in [0.2, 0.25) is 0 Å². The Balaban J connectivity index is 0.00000833. The van der Waals surface area contributed by atoms with Gasteiger partial charge in [0.2, 0.25) is 11.8 Å². The summed E-state index contributed by atoms with van der Waals surface area (Å²) >= 11 is 0. The van der Waals surface area contributed by atoms with E-state index in [4.69, 9.17) is 7.48 Å². The van der Waals surface area contributed by atoms with E-state index >= 15 is 0 Å².